The second-order valence-corrected chi connectivity index (χ2v) is 5.96. The Kier molecular flexibility index (Phi) is 3.57. The summed E-state index contributed by atoms with van der Waals surface area (Å²) >= 11 is 0. The maximum atomic E-state index is 11.2. The molecule has 0 unspecified atom stereocenters. The van der Waals surface area contributed by atoms with Crippen LogP contribution in [-0.4, -0.2) is 33.8 Å². The molecule has 5 heteroatoms. The number of carboxylic acids is 1. The largest absolute Gasteiger partial charge is 0.478 e. The predicted octanol–water partition coefficient (Wildman–Crippen LogP) is 2.98. The summed E-state index contributed by atoms with van der Waals surface area (Å²) in [6.07, 6.45) is 3.62. The Labute approximate surface area is 124 Å². The van der Waals surface area contributed by atoms with Gasteiger partial charge in [-0.05, 0) is 37.5 Å². The van der Waals surface area contributed by atoms with E-state index < -0.39 is 5.97 Å². The van der Waals surface area contributed by atoms with E-state index in [4.69, 9.17) is 4.98 Å². The van der Waals surface area contributed by atoms with E-state index in [2.05, 4.69) is 23.5 Å². The molecule has 5 nitrogen and oxygen atoms in total. The number of piperidine rings is 1. The molecule has 0 saturated carbocycles. The van der Waals surface area contributed by atoms with Crippen molar-refractivity contribution in [2.24, 2.45) is 0 Å². The number of aromatic carboxylic acids is 1. The summed E-state index contributed by atoms with van der Waals surface area (Å²) in [4.78, 5) is 15.9. The van der Waals surface area contributed by atoms with E-state index in [-0.39, 0.29) is 0 Å². The molecular weight excluding hydrogens is 266 g/mol. The Morgan fingerprint density at radius 3 is 2.57 bits per heavy atom. The molecule has 0 amide bonds. The molecule has 0 aliphatic carbocycles. The van der Waals surface area contributed by atoms with E-state index >= 15 is 0 Å². The average Bonchev–Trinajstić information content (AvgIpc) is 2.86. The molecule has 0 spiro atoms. The van der Waals surface area contributed by atoms with E-state index in [0.717, 1.165) is 29.9 Å². The van der Waals surface area contributed by atoms with Crippen LogP contribution in [0, 0.1) is 0 Å². The highest BCUT2D eigenvalue weighted by Crippen LogP contribution is 2.25. The van der Waals surface area contributed by atoms with Gasteiger partial charge in [-0.3, -0.25) is 0 Å². The molecule has 2 aromatic rings. The Morgan fingerprint density at radius 2 is 1.95 bits per heavy atom. The van der Waals surface area contributed by atoms with Gasteiger partial charge in [0, 0.05) is 19.0 Å². The van der Waals surface area contributed by atoms with Crippen LogP contribution in [0.15, 0.2) is 18.2 Å². The molecule has 112 valence electrons. The second kappa shape index (κ2) is 5.39. The van der Waals surface area contributed by atoms with Crippen LogP contribution >= 0.6 is 0 Å². The van der Waals surface area contributed by atoms with Crippen molar-refractivity contribution >= 4 is 17.0 Å². The Balaban J connectivity index is 2.18. The molecule has 1 N–H and O–H groups in total. The molecule has 1 aromatic heterocycles. The molecule has 0 bridgehead atoms. The quantitative estimate of drug-likeness (QED) is 0.943. The number of hydrogen-bond donors (Lipinski definition) is 1. The van der Waals surface area contributed by atoms with Crippen LogP contribution in [0.4, 0.5) is 0 Å². The molecule has 0 atom stereocenters. The van der Waals surface area contributed by atoms with E-state index in [1.807, 2.05) is 6.07 Å². The lowest BCUT2D eigenvalue weighted by Crippen LogP contribution is -2.40. The summed E-state index contributed by atoms with van der Waals surface area (Å²) < 4.78 is 2.14. The van der Waals surface area contributed by atoms with Gasteiger partial charge in [-0.2, -0.15) is 0 Å². The summed E-state index contributed by atoms with van der Waals surface area (Å²) in [7, 11) is 0. The van der Waals surface area contributed by atoms with Crippen molar-refractivity contribution < 1.29 is 9.90 Å². The van der Waals surface area contributed by atoms with E-state index in [1.165, 1.54) is 19.3 Å². The third kappa shape index (κ3) is 2.48. The number of fused-ring (bicyclic) bond motifs is 1. The van der Waals surface area contributed by atoms with Crippen LogP contribution in [-0.2, 0) is 0 Å². The van der Waals surface area contributed by atoms with Gasteiger partial charge in [0.2, 0.25) is 0 Å². The zero-order valence-electron chi connectivity index (χ0n) is 12.5. The molecule has 1 fully saturated rings. The minimum absolute atomic E-state index is 0.299. The zero-order valence-corrected chi connectivity index (χ0v) is 12.5. The van der Waals surface area contributed by atoms with Crippen molar-refractivity contribution in [3.8, 4) is 0 Å². The van der Waals surface area contributed by atoms with Crippen molar-refractivity contribution in [3.05, 3.63) is 29.6 Å². The monoisotopic (exact) mass is 287 g/mol. The summed E-state index contributed by atoms with van der Waals surface area (Å²) in [6.45, 7) is 6.25. The van der Waals surface area contributed by atoms with Crippen molar-refractivity contribution in [1.29, 1.82) is 0 Å². The molecule has 21 heavy (non-hydrogen) atoms. The highest BCUT2D eigenvalue weighted by molar-refractivity contribution is 5.92. The number of rotatable bonds is 3. The predicted molar refractivity (Wildman–Crippen MR) is 82.6 cm³/mol. The first-order valence-corrected chi connectivity index (χ1v) is 7.59. The maximum absolute atomic E-state index is 11.2. The smallest absolute Gasteiger partial charge is 0.335 e. The number of carbonyl (C=O) groups is 1. The van der Waals surface area contributed by atoms with Crippen molar-refractivity contribution in [3.63, 3.8) is 0 Å². The molecule has 1 saturated heterocycles. The lowest BCUT2D eigenvalue weighted by atomic mass is 10.1. The lowest BCUT2D eigenvalue weighted by Gasteiger charge is -2.32. The fourth-order valence-electron chi connectivity index (χ4n) is 2.96. The third-order valence-corrected chi connectivity index (χ3v) is 4.03. The highest BCUT2D eigenvalue weighted by Gasteiger charge is 2.21. The van der Waals surface area contributed by atoms with Gasteiger partial charge in [0.05, 0.1) is 16.6 Å². The maximum Gasteiger partial charge on any atom is 0.335 e. The van der Waals surface area contributed by atoms with Crippen molar-refractivity contribution in [2.45, 2.75) is 39.0 Å². The highest BCUT2D eigenvalue weighted by atomic mass is 16.4. The second-order valence-electron chi connectivity index (χ2n) is 5.96. The Hall–Kier alpha value is -2.04. The van der Waals surface area contributed by atoms with Gasteiger partial charge in [0.1, 0.15) is 5.82 Å². The first-order chi connectivity index (χ1) is 10.1. The van der Waals surface area contributed by atoms with Gasteiger partial charge in [-0.25, -0.2) is 14.5 Å². The molecule has 3 rings (SSSR count). The molecule has 1 aromatic carbocycles. The van der Waals surface area contributed by atoms with Gasteiger partial charge in [0.25, 0.3) is 0 Å². The van der Waals surface area contributed by atoms with Crippen LogP contribution in [0.3, 0.4) is 0 Å². The molecule has 1 aliphatic rings. The van der Waals surface area contributed by atoms with Crippen LogP contribution in [0.1, 0.15) is 55.2 Å². The fourth-order valence-corrected chi connectivity index (χ4v) is 2.96. The Morgan fingerprint density at radius 1 is 1.24 bits per heavy atom. The van der Waals surface area contributed by atoms with E-state index in [0.29, 0.717) is 11.5 Å². The van der Waals surface area contributed by atoms with E-state index in [1.54, 1.807) is 12.1 Å². The topological polar surface area (TPSA) is 58.4 Å². The number of nitrogens with zero attached hydrogens (tertiary/aromatic N) is 3. The number of imidazole rings is 1. The van der Waals surface area contributed by atoms with Crippen molar-refractivity contribution in [1.82, 2.24) is 9.66 Å². The fraction of sp³-hybridized carbons (Fsp3) is 0.500. The number of carboxylic acid groups (broad SMARTS) is 1. The van der Waals surface area contributed by atoms with E-state index in [9.17, 15) is 9.90 Å². The van der Waals surface area contributed by atoms with Crippen LogP contribution in [0.5, 0.6) is 0 Å². The lowest BCUT2D eigenvalue weighted by molar-refractivity contribution is 0.0697. The van der Waals surface area contributed by atoms with Crippen LogP contribution in [0.2, 0.25) is 0 Å². The zero-order chi connectivity index (χ0) is 15.0. The average molecular weight is 287 g/mol. The first kappa shape index (κ1) is 13.9. The summed E-state index contributed by atoms with van der Waals surface area (Å²) in [6, 6.07) is 5.18. The van der Waals surface area contributed by atoms with Gasteiger partial charge in [0.15, 0.2) is 0 Å². The summed E-state index contributed by atoms with van der Waals surface area (Å²) in [5, 5.41) is 11.5. The molecule has 2 heterocycles. The standard InChI is InChI=1S/C16H21N3O2/c1-11(2)15-17-13-7-6-12(16(20)21)10-14(13)19(15)18-8-4-3-5-9-18/h6-7,10-11H,3-5,8-9H2,1-2H3,(H,20,21). The van der Waals surface area contributed by atoms with Gasteiger partial charge < -0.3 is 10.1 Å². The van der Waals surface area contributed by atoms with Crippen LogP contribution in [0.25, 0.3) is 11.0 Å². The first-order valence-electron chi connectivity index (χ1n) is 7.59. The minimum Gasteiger partial charge on any atom is -0.478 e. The number of benzene rings is 1. The molecule has 0 radical (unpaired) electrons. The summed E-state index contributed by atoms with van der Waals surface area (Å²) in [5.74, 6) is 0.413. The normalized spacial score (nSPS) is 15.9. The Bertz CT molecular complexity index is 669. The molecular formula is C16H21N3O2. The van der Waals surface area contributed by atoms with Gasteiger partial charge in [-0.1, -0.05) is 13.8 Å². The van der Waals surface area contributed by atoms with Crippen molar-refractivity contribution in [2.75, 3.05) is 18.1 Å². The number of aromatic nitrogens is 2. The minimum atomic E-state index is -0.894. The van der Waals surface area contributed by atoms with Gasteiger partial charge >= 0.3 is 5.97 Å². The van der Waals surface area contributed by atoms with Gasteiger partial charge in [-0.15, -0.1) is 0 Å². The SMILES string of the molecule is CC(C)c1nc2ccc(C(=O)O)cc2n1N1CCCCC1. The number of hydrogen-bond acceptors (Lipinski definition) is 3. The third-order valence-electron chi connectivity index (χ3n) is 4.03. The summed E-state index contributed by atoms with van der Waals surface area (Å²) in [5.41, 5.74) is 2.09. The molecule has 1 aliphatic heterocycles. The van der Waals surface area contributed by atoms with Crippen LogP contribution < -0.4 is 5.01 Å².